The van der Waals surface area contributed by atoms with Gasteiger partial charge in [0.1, 0.15) is 0 Å². The molecule has 3 heterocycles. The number of aliphatic carboxylic acids is 1. The molecule has 9 nitrogen and oxygen atoms in total. The Morgan fingerprint density at radius 3 is 2.83 bits per heavy atom. The molecule has 0 bridgehead atoms. The molecule has 35 heavy (non-hydrogen) atoms. The Kier molecular flexibility index (Phi) is 8.84. The summed E-state index contributed by atoms with van der Waals surface area (Å²) in [4.78, 5) is 39.2. The lowest BCUT2D eigenvalue weighted by atomic mass is 9.93. The molecule has 3 N–H and O–H groups in total. The first-order chi connectivity index (χ1) is 17.0. The van der Waals surface area contributed by atoms with E-state index in [1.54, 1.807) is 0 Å². The van der Waals surface area contributed by atoms with Crippen LogP contribution in [0.15, 0.2) is 18.2 Å². The van der Waals surface area contributed by atoms with Crippen LogP contribution in [0.25, 0.3) is 0 Å². The minimum Gasteiger partial charge on any atom is -0.481 e. The SMILES string of the molecule is O=C(O)[C@H](CCc1ccc2c(c1)OCO2)CNC(=O)[C@@H]1CCCN(C(=O)CCC2CCCNC2)C1. The number of carbonyl (C=O) groups excluding carboxylic acids is 2. The van der Waals surface area contributed by atoms with Gasteiger partial charge in [-0.2, -0.15) is 0 Å². The first-order valence-electron chi connectivity index (χ1n) is 12.9. The molecule has 3 aliphatic heterocycles. The van der Waals surface area contributed by atoms with Crippen molar-refractivity contribution in [2.75, 3.05) is 39.5 Å². The average Bonchev–Trinajstić information content (AvgIpc) is 3.35. The second-order valence-electron chi connectivity index (χ2n) is 9.94. The van der Waals surface area contributed by atoms with Gasteiger partial charge in [0.05, 0.1) is 11.8 Å². The van der Waals surface area contributed by atoms with Gasteiger partial charge in [-0.3, -0.25) is 14.4 Å². The van der Waals surface area contributed by atoms with Gasteiger partial charge >= 0.3 is 5.97 Å². The smallest absolute Gasteiger partial charge is 0.308 e. The summed E-state index contributed by atoms with van der Waals surface area (Å²) < 4.78 is 10.7. The summed E-state index contributed by atoms with van der Waals surface area (Å²) in [7, 11) is 0. The van der Waals surface area contributed by atoms with Crippen LogP contribution in [0.2, 0.25) is 0 Å². The second-order valence-corrected chi connectivity index (χ2v) is 9.94. The summed E-state index contributed by atoms with van der Waals surface area (Å²) in [6.45, 7) is 3.44. The fourth-order valence-electron chi connectivity index (χ4n) is 5.19. The number of likely N-dealkylation sites (tertiary alicyclic amines) is 1. The molecule has 3 atom stereocenters. The van der Waals surface area contributed by atoms with E-state index in [-0.39, 0.29) is 31.1 Å². The monoisotopic (exact) mass is 487 g/mol. The first kappa shape index (κ1) is 25.3. The molecule has 0 aliphatic carbocycles. The third-order valence-electron chi connectivity index (χ3n) is 7.40. The van der Waals surface area contributed by atoms with E-state index < -0.39 is 11.9 Å². The molecular weight excluding hydrogens is 450 g/mol. The summed E-state index contributed by atoms with van der Waals surface area (Å²) in [5.74, 6) is -0.00199. The van der Waals surface area contributed by atoms with Gasteiger partial charge < -0.3 is 30.1 Å². The van der Waals surface area contributed by atoms with E-state index in [0.717, 1.165) is 37.9 Å². The van der Waals surface area contributed by atoms with Crippen molar-refractivity contribution in [2.45, 2.75) is 51.4 Å². The standard InChI is InChI=1S/C26H37N3O6/c30-24(10-7-19-3-1-11-27-14-19)29-12-2-4-21(16-29)25(31)28-15-20(26(32)33)8-5-18-6-9-22-23(13-18)35-17-34-22/h6,9,13,19-21,27H,1-5,7-8,10-12,14-17H2,(H,28,31)(H,32,33)/t19?,20-,21-/m1/s1. The molecule has 0 saturated carbocycles. The Bertz CT molecular complexity index is 901. The highest BCUT2D eigenvalue weighted by molar-refractivity contribution is 5.82. The molecule has 0 spiro atoms. The van der Waals surface area contributed by atoms with E-state index in [1.165, 1.54) is 12.8 Å². The minimum atomic E-state index is -0.927. The summed E-state index contributed by atoms with van der Waals surface area (Å²) in [5.41, 5.74) is 0.970. The topological polar surface area (TPSA) is 117 Å². The second kappa shape index (κ2) is 12.2. The van der Waals surface area contributed by atoms with Gasteiger partial charge in [-0.15, -0.1) is 0 Å². The van der Waals surface area contributed by atoms with Crippen molar-refractivity contribution in [1.29, 1.82) is 0 Å². The molecule has 0 aromatic heterocycles. The summed E-state index contributed by atoms with van der Waals surface area (Å²) in [6.07, 6.45) is 6.23. The predicted molar refractivity (Wildman–Crippen MR) is 129 cm³/mol. The molecule has 3 aliphatic rings. The van der Waals surface area contributed by atoms with Crippen LogP contribution in [0.1, 0.15) is 50.5 Å². The molecule has 4 rings (SSSR count). The van der Waals surface area contributed by atoms with Crippen LogP contribution in [0.3, 0.4) is 0 Å². The van der Waals surface area contributed by atoms with Gasteiger partial charge in [-0.1, -0.05) is 6.07 Å². The number of benzene rings is 1. The summed E-state index contributed by atoms with van der Waals surface area (Å²) in [6, 6.07) is 5.61. The molecule has 2 amide bonds. The lowest BCUT2D eigenvalue weighted by Gasteiger charge is -2.33. The van der Waals surface area contributed by atoms with E-state index in [9.17, 15) is 19.5 Å². The zero-order valence-corrected chi connectivity index (χ0v) is 20.3. The van der Waals surface area contributed by atoms with Gasteiger partial charge in [-0.05, 0) is 81.6 Å². The van der Waals surface area contributed by atoms with E-state index in [0.29, 0.717) is 49.8 Å². The number of nitrogens with zero attached hydrogens (tertiary/aromatic N) is 1. The fraction of sp³-hybridized carbons (Fsp3) is 0.654. The highest BCUT2D eigenvalue weighted by Crippen LogP contribution is 2.33. The third-order valence-corrected chi connectivity index (χ3v) is 7.40. The Balaban J connectivity index is 1.21. The largest absolute Gasteiger partial charge is 0.481 e. The molecule has 2 fully saturated rings. The van der Waals surface area contributed by atoms with Gasteiger partial charge in [0.2, 0.25) is 18.6 Å². The van der Waals surface area contributed by atoms with Gasteiger partial charge in [-0.25, -0.2) is 0 Å². The van der Waals surface area contributed by atoms with Crippen molar-refractivity contribution in [1.82, 2.24) is 15.5 Å². The zero-order valence-electron chi connectivity index (χ0n) is 20.3. The third kappa shape index (κ3) is 7.10. The molecule has 2 saturated heterocycles. The summed E-state index contributed by atoms with van der Waals surface area (Å²) in [5, 5.41) is 15.9. The highest BCUT2D eigenvalue weighted by Gasteiger charge is 2.29. The van der Waals surface area contributed by atoms with Crippen LogP contribution in [-0.2, 0) is 20.8 Å². The van der Waals surface area contributed by atoms with Crippen LogP contribution < -0.4 is 20.1 Å². The lowest BCUT2D eigenvalue weighted by molar-refractivity contribution is -0.142. The molecular formula is C26H37N3O6. The van der Waals surface area contributed by atoms with Crippen LogP contribution in [-0.4, -0.2) is 67.3 Å². The van der Waals surface area contributed by atoms with Crippen molar-refractivity contribution in [3.63, 3.8) is 0 Å². The molecule has 1 aromatic carbocycles. The Morgan fingerprint density at radius 2 is 2.03 bits per heavy atom. The molecule has 0 radical (unpaired) electrons. The van der Waals surface area contributed by atoms with E-state index in [2.05, 4.69) is 10.6 Å². The molecule has 192 valence electrons. The summed E-state index contributed by atoms with van der Waals surface area (Å²) >= 11 is 0. The Hall–Kier alpha value is -2.81. The number of carboxylic acids is 1. The minimum absolute atomic E-state index is 0.0812. The van der Waals surface area contributed by atoms with Crippen LogP contribution in [0.5, 0.6) is 11.5 Å². The maximum Gasteiger partial charge on any atom is 0.308 e. The number of carboxylic acid groups (broad SMARTS) is 1. The number of amides is 2. The van der Waals surface area contributed by atoms with Crippen LogP contribution in [0, 0.1) is 17.8 Å². The first-order valence-corrected chi connectivity index (χ1v) is 12.9. The average molecular weight is 488 g/mol. The highest BCUT2D eigenvalue weighted by atomic mass is 16.7. The van der Waals surface area contributed by atoms with E-state index in [4.69, 9.17) is 9.47 Å². The quantitative estimate of drug-likeness (QED) is 0.463. The fourth-order valence-corrected chi connectivity index (χ4v) is 5.19. The number of rotatable bonds is 10. The van der Waals surface area contributed by atoms with Crippen molar-refractivity contribution in [3.8, 4) is 11.5 Å². The van der Waals surface area contributed by atoms with Crippen molar-refractivity contribution in [3.05, 3.63) is 23.8 Å². The van der Waals surface area contributed by atoms with Crippen molar-refractivity contribution < 1.29 is 29.0 Å². The van der Waals surface area contributed by atoms with Gasteiger partial charge in [0, 0.05) is 26.1 Å². The number of carbonyl (C=O) groups is 3. The number of nitrogens with one attached hydrogen (secondary N) is 2. The number of piperidine rings is 2. The van der Waals surface area contributed by atoms with E-state index in [1.807, 2.05) is 23.1 Å². The molecule has 1 aromatic rings. The van der Waals surface area contributed by atoms with Crippen molar-refractivity contribution >= 4 is 17.8 Å². The molecule has 9 heteroatoms. The number of hydrogen-bond donors (Lipinski definition) is 3. The number of aryl methyl sites for hydroxylation is 1. The van der Waals surface area contributed by atoms with Gasteiger partial charge in [0.15, 0.2) is 11.5 Å². The van der Waals surface area contributed by atoms with Crippen molar-refractivity contribution in [2.24, 2.45) is 17.8 Å². The lowest BCUT2D eigenvalue weighted by Crippen LogP contribution is -2.46. The van der Waals surface area contributed by atoms with Crippen LogP contribution in [0.4, 0.5) is 0 Å². The van der Waals surface area contributed by atoms with Crippen LogP contribution >= 0.6 is 0 Å². The maximum absolute atomic E-state index is 12.8. The number of ether oxygens (including phenoxy) is 2. The van der Waals surface area contributed by atoms with E-state index >= 15 is 0 Å². The number of hydrogen-bond acceptors (Lipinski definition) is 6. The van der Waals surface area contributed by atoms with Gasteiger partial charge in [0.25, 0.3) is 0 Å². The molecule has 1 unspecified atom stereocenters. The zero-order chi connectivity index (χ0) is 24.6. The Labute approximate surface area is 206 Å². The predicted octanol–water partition coefficient (Wildman–Crippen LogP) is 2.18. The maximum atomic E-state index is 12.8. The normalized spacial score (nSPS) is 22.5. The number of fused-ring (bicyclic) bond motifs is 1. The Morgan fingerprint density at radius 1 is 1.17 bits per heavy atom.